The molecule has 0 fully saturated rings. The quantitative estimate of drug-likeness (QED) is 0.247. The van der Waals surface area contributed by atoms with Crippen LogP contribution in [0.25, 0.3) is 43.6 Å². The van der Waals surface area contributed by atoms with E-state index in [-0.39, 0.29) is 5.41 Å². The fourth-order valence-corrected chi connectivity index (χ4v) is 5.54. The van der Waals surface area contributed by atoms with Crippen LogP contribution in [0.3, 0.4) is 0 Å². The first-order valence-corrected chi connectivity index (χ1v) is 11.9. The summed E-state index contributed by atoms with van der Waals surface area (Å²) in [6, 6.07) is 28.7. The number of hydrogen-bond donors (Lipinski definition) is 0. The number of fused-ring (bicyclic) bond motifs is 6. The van der Waals surface area contributed by atoms with Crippen LogP contribution < -0.4 is 0 Å². The van der Waals surface area contributed by atoms with Crippen molar-refractivity contribution in [2.45, 2.75) is 26.9 Å². The number of carbonyl (C=O) groups excluding carboxylic acids is 2. The summed E-state index contributed by atoms with van der Waals surface area (Å²) in [7, 11) is 0. The molecule has 4 aromatic carbocycles. The van der Waals surface area contributed by atoms with Gasteiger partial charge in [-0.25, -0.2) is 0 Å². The van der Waals surface area contributed by atoms with E-state index in [1.807, 2.05) is 24.3 Å². The maximum absolute atomic E-state index is 11.4. The average molecular weight is 459 g/mol. The van der Waals surface area contributed by atoms with Gasteiger partial charge in [-0.15, -0.1) is 0 Å². The second kappa shape index (κ2) is 7.95. The lowest BCUT2D eigenvalue weighted by Crippen LogP contribution is -2.25. The van der Waals surface area contributed by atoms with Crippen molar-refractivity contribution < 1.29 is 9.59 Å². The molecular formula is C31H26N2O2. The minimum atomic E-state index is -0.0872. The number of aldehydes is 2. The first kappa shape index (κ1) is 21.4. The first-order valence-electron chi connectivity index (χ1n) is 11.9. The molecule has 35 heavy (non-hydrogen) atoms. The highest BCUT2D eigenvalue weighted by molar-refractivity contribution is 6.10. The van der Waals surface area contributed by atoms with Gasteiger partial charge in [-0.2, -0.15) is 0 Å². The Hall–Kier alpha value is -4.18. The second-order valence-electron chi connectivity index (χ2n) is 10.2. The molecule has 0 unspecified atom stereocenters. The first-order chi connectivity index (χ1) is 17.0. The largest absolute Gasteiger partial charge is 0.340 e. The van der Waals surface area contributed by atoms with E-state index in [2.05, 4.69) is 83.6 Å². The Morgan fingerprint density at radius 2 is 0.971 bits per heavy atom. The van der Waals surface area contributed by atoms with Crippen LogP contribution in [0.4, 0.5) is 0 Å². The summed E-state index contributed by atoms with van der Waals surface area (Å²) in [6.07, 6.45) is 1.82. The van der Waals surface area contributed by atoms with Crippen molar-refractivity contribution in [2.24, 2.45) is 5.41 Å². The van der Waals surface area contributed by atoms with Gasteiger partial charge in [0.05, 0.1) is 0 Å². The van der Waals surface area contributed by atoms with E-state index in [1.165, 1.54) is 21.8 Å². The summed E-state index contributed by atoms with van der Waals surface area (Å²) >= 11 is 0. The molecule has 0 atom stereocenters. The molecule has 2 aromatic heterocycles. The van der Waals surface area contributed by atoms with E-state index in [4.69, 9.17) is 0 Å². The predicted molar refractivity (Wildman–Crippen MR) is 143 cm³/mol. The van der Waals surface area contributed by atoms with Crippen LogP contribution in [-0.4, -0.2) is 21.7 Å². The highest BCUT2D eigenvalue weighted by Gasteiger charge is 2.24. The Morgan fingerprint density at radius 1 is 0.571 bits per heavy atom. The molecule has 0 saturated carbocycles. The second-order valence-corrected chi connectivity index (χ2v) is 10.2. The van der Waals surface area contributed by atoms with Crippen molar-refractivity contribution in [3.05, 3.63) is 96.1 Å². The molecule has 0 aliphatic rings. The molecule has 0 N–H and O–H groups in total. The third kappa shape index (κ3) is 3.45. The van der Waals surface area contributed by atoms with E-state index in [9.17, 15) is 9.59 Å². The molecule has 0 saturated heterocycles. The number of nitrogens with zero attached hydrogens (tertiary/aromatic N) is 2. The summed E-state index contributed by atoms with van der Waals surface area (Å²) in [5.74, 6) is 0. The Labute approximate surface area is 203 Å². The molecule has 4 heteroatoms. The summed E-state index contributed by atoms with van der Waals surface area (Å²) in [4.78, 5) is 22.9. The van der Waals surface area contributed by atoms with Gasteiger partial charge in [-0.1, -0.05) is 50.2 Å². The molecule has 2 heterocycles. The SMILES string of the molecule is CC(C)(Cn1c2ccccc2c2cc(C=O)ccc21)Cn1c2ccccc2c2cc(C=O)ccc21. The minimum Gasteiger partial charge on any atom is -0.340 e. The van der Waals surface area contributed by atoms with Gasteiger partial charge >= 0.3 is 0 Å². The molecule has 0 amide bonds. The predicted octanol–water partition coefficient (Wildman–Crippen LogP) is 7.25. The fourth-order valence-electron chi connectivity index (χ4n) is 5.54. The molecule has 0 aliphatic heterocycles. The minimum absolute atomic E-state index is 0.0872. The lowest BCUT2D eigenvalue weighted by atomic mass is 9.92. The van der Waals surface area contributed by atoms with Crippen LogP contribution in [0.15, 0.2) is 84.9 Å². The molecule has 172 valence electrons. The van der Waals surface area contributed by atoms with Gasteiger partial charge < -0.3 is 9.13 Å². The highest BCUT2D eigenvalue weighted by Crippen LogP contribution is 2.36. The Morgan fingerprint density at radius 3 is 1.40 bits per heavy atom. The molecule has 4 nitrogen and oxygen atoms in total. The summed E-state index contributed by atoms with van der Waals surface area (Å²) in [5.41, 5.74) is 5.94. The van der Waals surface area contributed by atoms with Crippen molar-refractivity contribution >= 4 is 56.2 Å². The topological polar surface area (TPSA) is 44.0 Å². The van der Waals surface area contributed by atoms with E-state index in [0.717, 1.165) is 47.5 Å². The van der Waals surface area contributed by atoms with E-state index in [0.29, 0.717) is 11.1 Å². The Kier molecular flexibility index (Phi) is 4.85. The molecule has 6 aromatic rings. The van der Waals surface area contributed by atoms with Crippen molar-refractivity contribution in [3.63, 3.8) is 0 Å². The van der Waals surface area contributed by atoms with Crippen LogP contribution in [0, 0.1) is 5.41 Å². The molecule has 0 spiro atoms. The van der Waals surface area contributed by atoms with Gasteiger partial charge in [-0.05, 0) is 48.5 Å². The summed E-state index contributed by atoms with van der Waals surface area (Å²) in [6.45, 7) is 6.23. The lowest BCUT2D eigenvalue weighted by molar-refractivity contribution is 0.111. The molecule has 0 aliphatic carbocycles. The third-order valence-electron chi connectivity index (χ3n) is 7.04. The zero-order chi connectivity index (χ0) is 24.2. The molecule has 0 radical (unpaired) electrons. The number of carbonyl (C=O) groups is 2. The van der Waals surface area contributed by atoms with Crippen LogP contribution in [0.2, 0.25) is 0 Å². The van der Waals surface area contributed by atoms with Crippen LogP contribution >= 0.6 is 0 Å². The van der Waals surface area contributed by atoms with Crippen molar-refractivity contribution in [3.8, 4) is 0 Å². The van der Waals surface area contributed by atoms with Gasteiger partial charge in [0.1, 0.15) is 12.6 Å². The van der Waals surface area contributed by atoms with E-state index in [1.54, 1.807) is 0 Å². The van der Waals surface area contributed by atoms with Gasteiger partial charge in [0.2, 0.25) is 0 Å². The van der Waals surface area contributed by atoms with Gasteiger partial charge in [0.25, 0.3) is 0 Å². The van der Waals surface area contributed by atoms with Crippen LogP contribution in [0.1, 0.15) is 34.6 Å². The Balaban J connectivity index is 1.48. The number of rotatable bonds is 6. The lowest BCUT2D eigenvalue weighted by Gasteiger charge is -2.28. The normalized spacial score (nSPS) is 12.2. The van der Waals surface area contributed by atoms with Crippen molar-refractivity contribution in [1.29, 1.82) is 0 Å². The zero-order valence-electron chi connectivity index (χ0n) is 19.9. The van der Waals surface area contributed by atoms with Gasteiger partial charge in [-0.3, -0.25) is 9.59 Å². The van der Waals surface area contributed by atoms with E-state index >= 15 is 0 Å². The summed E-state index contributed by atoms with van der Waals surface area (Å²) in [5, 5.41) is 4.55. The maximum Gasteiger partial charge on any atom is 0.150 e. The third-order valence-corrected chi connectivity index (χ3v) is 7.04. The maximum atomic E-state index is 11.4. The smallest absolute Gasteiger partial charge is 0.150 e. The monoisotopic (exact) mass is 458 g/mol. The average Bonchev–Trinajstić information content (AvgIpc) is 3.35. The number of para-hydroxylation sites is 2. The zero-order valence-corrected chi connectivity index (χ0v) is 19.9. The molecule has 0 bridgehead atoms. The van der Waals surface area contributed by atoms with Crippen LogP contribution in [0.5, 0.6) is 0 Å². The Bertz CT molecular complexity index is 1640. The van der Waals surface area contributed by atoms with Crippen LogP contribution in [-0.2, 0) is 13.1 Å². The standard InChI is InChI=1S/C31H26N2O2/c1-31(2,19-32-27-9-5-3-7-23(27)25-15-21(17-34)11-13-29(25)32)20-33-28-10-6-4-8-24(28)26-16-22(18-35)12-14-30(26)33/h3-18H,19-20H2,1-2H3. The highest BCUT2D eigenvalue weighted by atomic mass is 16.1. The molecular weight excluding hydrogens is 432 g/mol. The number of hydrogen-bond acceptors (Lipinski definition) is 2. The summed E-state index contributed by atoms with van der Waals surface area (Å²) < 4.78 is 4.77. The number of benzene rings is 4. The van der Waals surface area contributed by atoms with Crippen molar-refractivity contribution in [1.82, 2.24) is 9.13 Å². The fraction of sp³-hybridized carbons (Fsp3) is 0.161. The van der Waals surface area contributed by atoms with E-state index < -0.39 is 0 Å². The van der Waals surface area contributed by atoms with Gasteiger partial charge in [0, 0.05) is 73.2 Å². The van der Waals surface area contributed by atoms with Gasteiger partial charge in [0.15, 0.2) is 0 Å². The molecule has 6 rings (SSSR count). The van der Waals surface area contributed by atoms with Crippen molar-refractivity contribution in [2.75, 3.05) is 0 Å². The number of aromatic nitrogens is 2.